The number of nitrogens with one attached hydrogen (secondary N) is 1. The first kappa shape index (κ1) is 19.6. The van der Waals surface area contributed by atoms with Gasteiger partial charge in [-0.3, -0.25) is 15.1 Å². The molecule has 1 heterocycles. The van der Waals surface area contributed by atoms with Crippen molar-refractivity contribution in [2.75, 3.05) is 40.3 Å². The van der Waals surface area contributed by atoms with Crippen molar-refractivity contribution in [3.63, 3.8) is 0 Å². The average molecular weight is 385 g/mol. The van der Waals surface area contributed by atoms with Crippen LogP contribution in [0.2, 0.25) is 0 Å². The molecular weight excluding hydrogens is 360 g/mol. The third kappa shape index (κ3) is 5.20. The molecule has 0 radical (unpaired) electrons. The third-order valence-electron chi connectivity index (χ3n) is 4.69. The zero-order valence-electron chi connectivity index (χ0n) is 16.1. The fraction of sp³-hybridized carbons (Fsp3) is 0.350. The first-order valence-electron chi connectivity index (χ1n) is 9.19. The van der Waals surface area contributed by atoms with Gasteiger partial charge in [0, 0.05) is 12.1 Å². The van der Waals surface area contributed by atoms with Crippen molar-refractivity contribution in [1.29, 1.82) is 0 Å². The molecular formula is C20H25N4O4+. The molecule has 8 heteroatoms. The van der Waals surface area contributed by atoms with Crippen LogP contribution in [-0.2, 0) is 6.61 Å². The predicted octanol–water partition coefficient (Wildman–Crippen LogP) is 1.35. The third-order valence-corrected chi connectivity index (χ3v) is 4.69. The molecule has 1 fully saturated rings. The summed E-state index contributed by atoms with van der Waals surface area (Å²) in [5, 5.41) is 17.4. The van der Waals surface area contributed by atoms with Gasteiger partial charge in [-0.1, -0.05) is 0 Å². The van der Waals surface area contributed by atoms with Crippen LogP contribution in [0.5, 0.6) is 11.5 Å². The molecule has 1 N–H and O–H groups in total. The zero-order valence-corrected chi connectivity index (χ0v) is 16.1. The van der Waals surface area contributed by atoms with Crippen LogP contribution in [0.4, 0.5) is 5.69 Å². The lowest BCUT2D eigenvalue weighted by Crippen LogP contribution is -3.11. The second-order valence-electron chi connectivity index (χ2n) is 6.78. The highest BCUT2D eigenvalue weighted by atomic mass is 16.6. The van der Waals surface area contributed by atoms with E-state index in [1.54, 1.807) is 19.2 Å². The van der Waals surface area contributed by atoms with E-state index in [0.29, 0.717) is 11.5 Å². The molecule has 1 saturated heterocycles. The van der Waals surface area contributed by atoms with E-state index in [4.69, 9.17) is 9.47 Å². The normalized spacial score (nSPS) is 15.0. The molecule has 3 rings (SSSR count). The maximum atomic E-state index is 10.7. The molecule has 1 aliphatic heterocycles. The minimum absolute atomic E-state index is 0.0602. The van der Waals surface area contributed by atoms with Gasteiger partial charge in [0.05, 0.1) is 51.5 Å². The highest BCUT2D eigenvalue weighted by molar-refractivity contribution is 5.80. The number of nitro benzene ring substituents is 1. The number of likely N-dealkylation sites (N-methyl/N-ethyl adjacent to an activating group) is 1. The van der Waals surface area contributed by atoms with Crippen molar-refractivity contribution in [3.8, 4) is 11.5 Å². The second-order valence-corrected chi connectivity index (χ2v) is 6.78. The van der Waals surface area contributed by atoms with Crippen molar-refractivity contribution < 1.29 is 19.3 Å². The molecule has 2 aromatic rings. The van der Waals surface area contributed by atoms with Gasteiger partial charge in [0.2, 0.25) is 0 Å². The van der Waals surface area contributed by atoms with Gasteiger partial charge in [0.1, 0.15) is 6.61 Å². The standard InChI is InChI=1S/C20H24N4O4/c1-22-9-11-23(12-10-22)21-14-17-5-8-19(27-2)20(13-17)28-15-16-3-6-18(7-4-16)24(25)26/h3-8,13-14H,9-12,15H2,1-2H3/p+1/b21-14-. The van der Waals surface area contributed by atoms with Gasteiger partial charge >= 0.3 is 0 Å². The van der Waals surface area contributed by atoms with Crippen molar-refractivity contribution in [2.45, 2.75) is 6.61 Å². The summed E-state index contributed by atoms with van der Waals surface area (Å²) in [7, 11) is 3.79. The SMILES string of the molecule is COc1ccc(/C=N\N2CC[NH+](C)CC2)cc1OCc1ccc([N+](=O)[O-])cc1. The van der Waals surface area contributed by atoms with Crippen LogP contribution in [0.3, 0.4) is 0 Å². The van der Waals surface area contributed by atoms with E-state index in [0.717, 1.165) is 37.3 Å². The Bertz CT molecular complexity index is 831. The van der Waals surface area contributed by atoms with E-state index < -0.39 is 4.92 Å². The minimum atomic E-state index is -0.418. The van der Waals surface area contributed by atoms with Crippen LogP contribution in [0, 0.1) is 10.1 Å². The molecule has 2 aromatic carbocycles. The first-order valence-corrected chi connectivity index (χ1v) is 9.19. The summed E-state index contributed by atoms with van der Waals surface area (Å²) in [5.41, 5.74) is 1.82. The number of non-ortho nitro benzene ring substituents is 1. The number of ether oxygens (including phenoxy) is 2. The minimum Gasteiger partial charge on any atom is -0.493 e. The van der Waals surface area contributed by atoms with Crippen LogP contribution in [0.15, 0.2) is 47.6 Å². The first-order chi connectivity index (χ1) is 13.5. The summed E-state index contributed by atoms with van der Waals surface area (Å²) in [4.78, 5) is 11.9. The number of benzene rings is 2. The predicted molar refractivity (Wildman–Crippen MR) is 106 cm³/mol. The summed E-state index contributed by atoms with van der Waals surface area (Å²) in [6.07, 6.45) is 1.83. The smallest absolute Gasteiger partial charge is 0.269 e. The molecule has 0 bridgehead atoms. The fourth-order valence-electron chi connectivity index (χ4n) is 2.90. The number of nitrogens with zero attached hydrogens (tertiary/aromatic N) is 3. The van der Waals surface area contributed by atoms with Crippen LogP contribution < -0.4 is 14.4 Å². The molecule has 0 spiro atoms. The van der Waals surface area contributed by atoms with Crippen LogP contribution in [0.1, 0.15) is 11.1 Å². The number of nitro groups is 1. The number of rotatable bonds is 7. The Morgan fingerprint density at radius 2 is 1.89 bits per heavy atom. The summed E-state index contributed by atoms with van der Waals surface area (Å²) in [5.74, 6) is 1.23. The van der Waals surface area contributed by atoms with Gasteiger partial charge < -0.3 is 14.4 Å². The lowest BCUT2D eigenvalue weighted by atomic mass is 10.2. The molecule has 1 aliphatic rings. The van der Waals surface area contributed by atoms with Crippen molar-refractivity contribution >= 4 is 11.9 Å². The highest BCUT2D eigenvalue weighted by Gasteiger charge is 2.14. The van der Waals surface area contributed by atoms with Gasteiger partial charge in [-0.15, -0.1) is 0 Å². The van der Waals surface area contributed by atoms with Crippen LogP contribution >= 0.6 is 0 Å². The maximum absolute atomic E-state index is 10.7. The Balaban J connectivity index is 1.66. The number of hydrogen-bond acceptors (Lipinski definition) is 6. The molecule has 0 saturated carbocycles. The van der Waals surface area contributed by atoms with Gasteiger partial charge in [-0.25, -0.2) is 0 Å². The van der Waals surface area contributed by atoms with Crippen LogP contribution in [0.25, 0.3) is 0 Å². The Kier molecular flexibility index (Phi) is 6.44. The largest absolute Gasteiger partial charge is 0.493 e. The van der Waals surface area contributed by atoms with Crippen LogP contribution in [-0.4, -0.2) is 56.5 Å². The van der Waals surface area contributed by atoms with Crippen molar-refractivity contribution in [1.82, 2.24) is 5.01 Å². The lowest BCUT2D eigenvalue weighted by Gasteiger charge is -2.27. The lowest BCUT2D eigenvalue weighted by molar-refractivity contribution is -0.884. The van der Waals surface area contributed by atoms with Gasteiger partial charge in [0.25, 0.3) is 5.69 Å². The van der Waals surface area contributed by atoms with Crippen molar-refractivity contribution in [2.24, 2.45) is 5.10 Å². The fourth-order valence-corrected chi connectivity index (χ4v) is 2.90. The molecule has 0 unspecified atom stereocenters. The molecule has 0 aromatic heterocycles. The number of quaternary nitrogens is 1. The van der Waals surface area contributed by atoms with E-state index in [9.17, 15) is 10.1 Å². The quantitative estimate of drug-likeness (QED) is 0.442. The monoisotopic (exact) mass is 385 g/mol. The van der Waals surface area contributed by atoms with E-state index in [1.807, 2.05) is 24.4 Å². The summed E-state index contributed by atoms with van der Waals surface area (Å²) in [6.45, 7) is 4.35. The molecule has 8 nitrogen and oxygen atoms in total. The maximum Gasteiger partial charge on any atom is 0.269 e. The number of piperazine rings is 1. The molecule has 0 aliphatic carbocycles. The number of hydrogen-bond donors (Lipinski definition) is 1. The topological polar surface area (TPSA) is 81.6 Å². The molecule has 28 heavy (non-hydrogen) atoms. The van der Waals surface area contributed by atoms with E-state index >= 15 is 0 Å². The zero-order chi connectivity index (χ0) is 19.9. The second kappa shape index (κ2) is 9.18. The summed E-state index contributed by atoms with van der Waals surface area (Å²) < 4.78 is 11.3. The Hall–Kier alpha value is -3.13. The Morgan fingerprint density at radius 3 is 2.54 bits per heavy atom. The number of methoxy groups -OCH3 is 1. The van der Waals surface area contributed by atoms with Gasteiger partial charge in [-0.2, -0.15) is 5.10 Å². The average Bonchev–Trinajstić information content (AvgIpc) is 2.72. The van der Waals surface area contributed by atoms with Crippen molar-refractivity contribution in [3.05, 3.63) is 63.7 Å². The van der Waals surface area contributed by atoms with E-state index in [-0.39, 0.29) is 12.3 Å². The van der Waals surface area contributed by atoms with E-state index in [2.05, 4.69) is 17.2 Å². The highest BCUT2D eigenvalue weighted by Crippen LogP contribution is 2.28. The van der Waals surface area contributed by atoms with Gasteiger partial charge in [0.15, 0.2) is 11.5 Å². The summed E-state index contributed by atoms with van der Waals surface area (Å²) in [6, 6.07) is 12.0. The van der Waals surface area contributed by atoms with Gasteiger partial charge in [-0.05, 0) is 41.5 Å². The molecule has 148 valence electrons. The number of hydrazone groups is 1. The van der Waals surface area contributed by atoms with E-state index in [1.165, 1.54) is 17.0 Å². The Labute approximate surface area is 164 Å². The Morgan fingerprint density at radius 1 is 1.18 bits per heavy atom. The summed E-state index contributed by atoms with van der Waals surface area (Å²) >= 11 is 0. The molecule has 0 atom stereocenters. The molecule has 0 amide bonds.